The third-order valence-corrected chi connectivity index (χ3v) is 4.35. The van der Waals surface area contributed by atoms with Gasteiger partial charge in [0, 0.05) is 17.9 Å². The Kier molecular flexibility index (Phi) is 4.77. The maximum absolute atomic E-state index is 11.6. The highest BCUT2D eigenvalue weighted by molar-refractivity contribution is 8.14. The molecular weight excluding hydrogens is 296 g/mol. The number of hydrogen-bond acceptors (Lipinski definition) is 4. The van der Waals surface area contributed by atoms with E-state index in [0.29, 0.717) is 12.5 Å². The van der Waals surface area contributed by atoms with Crippen LogP contribution in [-0.4, -0.2) is 28.6 Å². The standard InChI is InChI=1S/C16H20N4OS/c1-2-3-15(21)17-12-6-4-11(5-7-12)14-10-22-16(20-19-14)18-13-8-9-13/h4-7,13H,2-3,8-10H2,1H3,(H,17,21)(H,18,20). The second-order valence-electron chi connectivity index (χ2n) is 5.50. The molecule has 1 aliphatic carbocycles. The van der Waals surface area contributed by atoms with Gasteiger partial charge in [-0.15, -0.1) is 0 Å². The number of thioether (sulfide) groups is 1. The van der Waals surface area contributed by atoms with Gasteiger partial charge in [0.2, 0.25) is 5.91 Å². The zero-order chi connectivity index (χ0) is 15.4. The number of amides is 1. The summed E-state index contributed by atoms with van der Waals surface area (Å²) in [5.74, 6) is 0.878. The van der Waals surface area contributed by atoms with Crippen LogP contribution in [0.15, 0.2) is 34.4 Å². The quantitative estimate of drug-likeness (QED) is 0.877. The number of nitrogens with one attached hydrogen (secondary N) is 2. The van der Waals surface area contributed by atoms with E-state index >= 15 is 0 Å². The van der Waals surface area contributed by atoms with Crippen molar-refractivity contribution in [2.24, 2.45) is 10.1 Å². The van der Waals surface area contributed by atoms with Crippen LogP contribution in [0.4, 0.5) is 5.69 Å². The molecule has 1 aliphatic heterocycles. The molecule has 0 radical (unpaired) electrons. The van der Waals surface area contributed by atoms with Crippen LogP contribution in [0.25, 0.3) is 0 Å². The van der Waals surface area contributed by atoms with E-state index in [1.54, 1.807) is 11.8 Å². The average molecular weight is 316 g/mol. The molecule has 116 valence electrons. The summed E-state index contributed by atoms with van der Waals surface area (Å²) in [6.45, 7) is 2.00. The molecule has 3 rings (SSSR count). The van der Waals surface area contributed by atoms with Crippen LogP contribution in [0.5, 0.6) is 0 Å². The maximum atomic E-state index is 11.6. The summed E-state index contributed by atoms with van der Waals surface area (Å²) in [5, 5.41) is 8.23. The van der Waals surface area contributed by atoms with Crippen LogP contribution in [0, 0.1) is 0 Å². The first-order chi connectivity index (χ1) is 10.7. The molecule has 1 aromatic rings. The van der Waals surface area contributed by atoms with Crippen molar-refractivity contribution in [2.75, 3.05) is 11.1 Å². The summed E-state index contributed by atoms with van der Waals surface area (Å²) in [7, 11) is 0. The summed E-state index contributed by atoms with van der Waals surface area (Å²) < 4.78 is 0. The molecule has 1 heterocycles. The first-order valence-electron chi connectivity index (χ1n) is 7.68. The highest BCUT2D eigenvalue weighted by atomic mass is 32.2. The molecule has 22 heavy (non-hydrogen) atoms. The van der Waals surface area contributed by atoms with E-state index in [0.717, 1.165) is 34.3 Å². The molecule has 0 saturated heterocycles. The summed E-state index contributed by atoms with van der Waals surface area (Å²) in [4.78, 5) is 16.1. The molecule has 2 N–H and O–H groups in total. The van der Waals surface area contributed by atoms with Crippen molar-refractivity contribution < 1.29 is 4.79 Å². The zero-order valence-corrected chi connectivity index (χ0v) is 13.4. The van der Waals surface area contributed by atoms with Crippen LogP contribution in [-0.2, 0) is 4.79 Å². The van der Waals surface area contributed by atoms with Crippen molar-refractivity contribution in [2.45, 2.75) is 38.6 Å². The fourth-order valence-electron chi connectivity index (χ4n) is 2.10. The second kappa shape index (κ2) is 6.96. The van der Waals surface area contributed by atoms with E-state index in [9.17, 15) is 4.79 Å². The number of amidine groups is 1. The Morgan fingerprint density at radius 3 is 2.77 bits per heavy atom. The highest BCUT2D eigenvalue weighted by Crippen LogP contribution is 2.25. The normalized spacial score (nSPS) is 19.5. The minimum absolute atomic E-state index is 0.0587. The number of benzene rings is 1. The second-order valence-corrected chi connectivity index (χ2v) is 6.46. The summed E-state index contributed by atoms with van der Waals surface area (Å²) >= 11 is 1.69. The van der Waals surface area contributed by atoms with Gasteiger partial charge in [0.1, 0.15) is 0 Å². The highest BCUT2D eigenvalue weighted by Gasteiger charge is 2.22. The average Bonchev–Trinajstić information content (AvgIpc) is 3.33. The van der Waals surface area contributed by atoms with Crippen molar-refractivity contribution in [1.82, 2.24) is 5.43 Å². The van der Waals surface area contributed by atoms with Gasteiger partial charge in [0.05, 0.1) is 11.8 Å². The van der Waals surface area contributed by atoms with Crippen molar-refractivity contribution in [3.63, 3.8) is 0 Å². The van der Waals surface area contributed by atoms with Crippen molar-refractivity contribution in [3.8, 4) is 0 Å². The molecule has 1 amide bonds. The van der Waals surface area contributed by atoms with E-state index in [4.69, 9.17) is 0 Å². The van der Waals surface area contributed by atoms with Crippen LogP contribution in [0.1, 0.15) is 38.2 Å². The van der Waals surface area contributed by atoms with Crippen LogP contribution in [0.2, 0.25) is 0 Å². The molecule has 0 bridgehead atoms. The maximum Gasteiger partial charge on any atom is 0.224 e. The predicted molar refractivity (Wildman–Crippen MR) is 92.6 cm³/mol. The molecule has 2 aliphatic rings. The van der Waals surface area contributed by atoms with Crippen LogP contribution in [0.3, 0.4) is 0 Å². The number of carbonyl (C=O) groups excluding carboxylic acids is 1. The van der Waals surface area contributed by atoms with E-state index in [2.05, 4.69) is 20.8 Å². The van der Waals surface area contributed by atoms with E-state index in [1.807, 2.05) is 31.2 Å². The Bertz CT molecular complexity index is 605. The van der Waals surface area contributed by atoms with Gasteiger partial charge in [0.15, 0.2) is 5.17 Å². The van der Waals surface area contributed by atoms with E-state index in [1.165, 1.54) is 12.8 Å². The number of anilines is 1. The lowest BCUT2D eigenvalue weighted by Crippen LogP contribution is -2.25. The van der Waals surface area contributed by atoms with E-state index in [-0.39, 0.29) is 5.91 Å². The number of aliphatic imine (C=N–C) groups is 1. The van der Waals surface area contributed by atoms with E-state index < -0.39 is 0 Å². The lowest BCUT2D eigenvalue weighted by molar-refractivity contribution is -0.116. The molecule has 0 unspecified atom stereocenters. The molecule has 1 fully saturated rings. The fourth-order valence-corrected chi connectivity index (χ4v) is 2.93. The third kappa shape index (κ3) is 4.10. The van der Waals surface area contributed by atoms with Crippen molar-refractivity contribution in [1.29, 1.82) is 0 Å². The molecule has 1 saturated carbocycles. The van der Waals surface area contributed by atoms with Crippen molar-refractivity contribution in [3.05, 3.63) is 29.8 Å². The monoisotopic (exact) mass is 316 g/mol. The lowest BCUT2D eigenvalue weighted by Gasteiger charge is -2.15. The molecule has 0 aromatic heterocycles. The molecule has 6 heteroatoms. The molecule has 0 spiro atoms. The summed E-state index contributed by atoms with van der Waals surface area (Å²) in [6.07, 6.45) is 3.81. The van der Waals surface area contributed by atoms with Crippen LogP contribution >= 0.6 is 11.8 Å². The summed E-state index contributed by atoms with van der Waals surface area (Å²) in [6, 6.07) is 8.34. The van der Waals surface area contributed by atoms with Gasteiger partial charge < -0.3 is 5.32 Å². The van der Waals surface area contributed by atoms with Gasteiger partial charge in [-0.25, -0.2) is 0 Å². The number of hydrazone groups is 1. The number of nitrogens with zero attached hydrogens (tertiary/aromatic N) is 2. The van der Waals surface area contributed by atoms with Gasteiger partial charge in [-0.2, -0.15) is 5.10 Å². The first kappa shape index (κ1) is 15.1. The van der Waals surface area contributed by atoms with Gasteiger partial charge >= 0.3 is 0 Å². The molecule has 1 aromatic carbocycles. The third-order valence-electron chi connectivity index (χ3n) is 3.46. The fraction of sp³-hybridized carbons (Fsp3) is 0.438. The minimum Gasteiger partial charge on any atom is -0.326 e. The molecular formula is C16H20N4OS. The summed E-state index contributed by atoms with van der Waals surface area (Å²) in [5.41, 5.74) is 5.94. The van der Waals surface area contributed by atoms with Gasteiger partial charge in [0.25, 0.3) is 0 Å². The Labute approximate surface area is 134 Å². The smallest absolute Gasteiger partial charge is 0.224 e. The first-order valence-corrected chi connectivity index (χ1v) is 8.66. The Balaban J connectivity index is 1.60. The Morgan fingerprint density at radius 2 is 2.18 bits per heavy atom. The molecule has 5 nitrogen and oxygen atoms in total. The van der Waals surface area contributed by atoms with Crippen molar-refractivity contribution >= 4 is 34.2 Å². The number of rotatable bonds is 5. The Hall–Kier alpha value is -1.82. The topological polar surface area (TPSA) is 65.8 Å². The SMILES string of the molecule is CCCC(=O)Nc1ccc(C2=NNC(=NC3CC3)SC2)cc1. The van der Waals surface area contributed by atoms with Gasteiger partial charge in [-0.1, -0.05) is 30.8 Å². The predicted octanol–water partition coefficient (Wildman–Crippen LogP) is 2.98. The van der Waals surface area contributed by atoms with Crippen LogP contribution < -0.4 is 10.7 Å². The zero-order valence-electron chi connectivity index (χ0n) is 12.6. The lowest BCUT2D eigenvalue weighted by atomic mass is 10.1. The number of hydrogen-bond donors (Lipinski definition) is 2. The van der Waals surface area contributed by atoms with Gasteiger partial charge in [-0.05, 0) is 37.0 Å². The molecule has 0 atom stereocenters. The number of carbonyl (C=O) groups is 1. The van der Waals surface area contributed by atoms with Gasteiger partial charge in [-0.3, -0.25) is 15.2 Å². The Morgan fingerprint density at radius 1 is 1.41 bits per heavy atom. The largest absolute Gasteiger partial charge is 0.326 e. The minimum atomic E-state index is 0.0587.